The van der Waals surface area contributed by atoms with Crippen molar-refractivity contribution in [1.82, 2.24) is 0 Å². The fourth-order valence-corrected chi connectivity index (χ4v) is 12.9. The zero-order valence-electron chi connectivity index (χ0n) is 26.5. The summed E-state index contributed by atoms with van der Waals surface area (Å²) in [6.45, 7) is 18.6. The van der Waals surface area contributed by atoms with Crippen molar-refractivity contribution in [1.29, 1.82) is 0 Å². The highest BCUT2D eigenvalue weighted by Crippen LogP contribution is 2.39. The third-order valence-electron chi connectivity index (χ3n) is 6.45. The van der Waals surface area contributed by atoms with Crippen LogP contribution in [-0.2, 0) is 23.6 Å². The number of rotatable bonds is 19. The van der Waals surface area contributed by atoms with E-state index in [0.717, 1.165) is 48.8 Å². The summed E-state index contributed by atoms with van der Waals surface area (Å²) in [6, 6.07) is 0.930. The van der Waals surface area contributed by atoms with Gasteiger partial charge in [-0.1, -0.05) is 77.9 Å². The number of hydrogen-bond acceptors (Lipinski definition) is 11. The first-order chi connectivity index (χ1) is 18.8. The van der Waals surface area contributed by atoms with Crippen molar-refractivity contribution < 1.29 is 33.8 Å². The Balaban J connectivity index is 4.43. The van der Waals surface area contributed by atoms with Gasteiger partial charge in [0.15, 0.2) is 8.32 Å². The van der Waals surface area contributed by atoms with Crippen LogP contribution in [0.15, 0.2) is 0 Å². The van der Waals surface area contributed by atoms with E-state index in [1.54, 1.807) is 27.7 Å². The van der Waals surface area contributed by atoms with Crippen molar-refractivity contribution in [2.45, 2.75) is 132 Å². The molecule has 2 N–H and O–H groups in total. The van der Waals surface area contributed by atoms with Gasteiger partial charge in [-0.25, -0.2) is 0 Å². The number of carboxylic acid groups (broad SMARTS) is 2. The number of carbonyl (C=O) groups is 4. The smallest absolute Gasteiger partial charge is 0.319 e. The van der Waals surface area contributed by atoms with Gasteiger partial charge in [0.05, 0.1) is 9.49 Å². The topological polar surface area (TPSA) is 118 Å². The van der Waals surface area contributed by atoms with Gasteiger partial charge >= 0.3 is 11.9 Å². The van der Waals surface area contributed by atoms with E-state index in [9.17, 15) is 29.4 Å². The molecule has 0 aromatic heterocycles. The Hall–Kier alpha value is 0.0369. The van der Waals surface area contributed by atoms with E-state index in [0.29, 0.717) is 32.9 Å². The first kappa shape index (κ1) is 42.0. The molecule has 0 aliphatic heterocycles. The number of thiocarbonyl (C=S) groups is 2. The molecular formula is C28H48O7S6Si. The largest absolute Gasteiger partial charge is 0.480 e. The number of hydrogen-bond donors (Lipinski definition) is 2. The maximum Gasteiger partial charge on any atom is 0.319 e. The molecule has 0 unspecified atom stereocenters. The van der Waals surface area contributed by atoms with Gasteiger partial charge in [0, 0.05) is 19.4 Å². The van der Waals surface area contributed by atoms with Crippen LogP contribution in [-0.4, -0.2) is 74.7 Å². The van der Waals surface area contributed by atoms with Gasteiger partial charge in [0.1, 0.15) is 28.1 Å². The summed E-state index contributed by atoms with van der Waals surface area (Å²) in [5, 5.41) is 18.6. The van der Waals surface area contributed by atoms with E-state index < -0.39 is 39.2 Å². The van der Waals surface area contributed by atoms with Crippen LogP contribution in [0.25, 0.3) is 0 Å². The summed E-state index contributed by atoms with van der Waals surface area (Å²) in [7, 11) is -1.91. The summed E-state index contributed by atoms with van der Waals surface area (Å²) in [4.78, 5) is 48.4. The van der Waals surface area contributed by atoms with Crippen molar-refractivity contribution in [2.75, 3.05) is 6.61 Å². The molecule has 0 fully saturated rings. The van der Waals surface area contributed by atoms with Crippen molar-refractivity contribution in [3.05, 3.63) is 0 Å². The third kappa shape index (κ3) is 16.4. The van der Waals surface area contributed by atoms with Crippen LogP contribution in [0.5, 0.6) is 0 Å². The second-order valence-electron chi connectivity index (χ2n) is 12.7. The van der Waals surface area contributed by atoms with Gasteiger partial charge in [-0.05, 0) is 93.8 Å². The molecule has 0 aromatic carbocycles. The second kappa shape index (κ2) is 17.7. The molecule has 0 heterocycles. The molecule has 0 aromatic rings. The number of carboxylic acids is 2. The zero-order valence-corrected chi connectivity index (χ0v) is 32.4. The number of aliphatic carboxylic acids is 2. The molecule has 0 aliphatic rings. The average Bonchev–Trinajstić information content (AvgIpc) is 2.79. The van der Waals surface area contributed by atoms with Crippen LogP contribution in [0.4, 0.5) is 0 Å². The quantitative estimate of drug-likeness (QED) is 0.0757. The lowest BCUT2D eigenvalue weighted by molar-refractivity contribution is -0.139. The van der Waals surface area contributed by atoms with Gasteiger partial charge in [-0.15, -0.1) is 0 Å². The average molecular weight is 717 g/mol. The number of ketones is 2. The highest BCUT2D eigenvalue weighted by molar-refractivity contribution is 8.48. The molecule has 0 amide bonds. The van der Waals surface area contributed by atoms with Crippen molar-refractivity contribution >= 4 is 110 Å². The highest BCUT2D eigenvalue weighted by Gasteiger charge is 2.36. The van der Waals surface area contributed by atoms with Gasteiger partial charge in [0.2, 0.25) is 0 Å². The lowest BCUT2D eigenvalue weighted by Crippen LogP contribution is -2.32. The SMILES string of the molecule is CC(C)(SC(=S)SC(C)(C)C(=O)CCCCO[Si](C)(C)CCCCC(=O)C(C)(C)SC(=S)SC(C)(C)C(=O)O)C(=O)O. The lowest BCUT2D eigenvalue weighted by Gasteiger charge is -2.26. The first-order valence-electron chi connectivity index (χ1n) is 13.9. The third-order valence-corrected chi connectivity index (χ3v) is 14.5. The molecule has 0 spiro atoms. The van der Waals surface area contributed by atoms with Crippen LogP contribution in [0.3, 0.4) is 0 Å². The first-order valence-corrected chi connectivity index (χ1v) is 21.1. The van der Waals surface area contributed by atoms with Crippen LogP contribution in [0.2, 0.25) is 19.1 Å². The zero-order chi connectivity index (χ0) is 33.2. The molecule has 0 saturated carbocycles. The highest BCUT2D eigenvalue weighted by atomic mass is 32.2. The van der Waals surface area contributed by atoms with Crippen molar-refractivity contribution in [3.63, 3.8) is 0 Å². The predicted molar refractivity (Wildman–Crippen MR) is 193 cm³/mol. The van der Waals surface area contributed by atoms with Gasteiger partial charge in [-0.3, -0.25) is 19.2 Å². The Morgan fingerprint density at radius 2 is 0.952 bits per heavy atom. The molecule has 0 aliphatic carbocycles. The Morgan fingerprint density at radius 1 is 0.619 bits per heavy atom. The van der Waals surface area contributed by atoms with Crippen LogP contribution < -0.4 is 0 Å². The van der Waals surface area contributed by atoms with E-state index in [1.165, 1.54) is 23.5 Å². The molecular weight excluding hydrogens is 669 g/mol. The molecule has 0 atom stereocenters. The van der Waals surface area contributed by atoms with Crippen LogP contribution >= 0.6 is 71.5 Å². The number of Topliss-reactive ketones (excluding diaryl/α,β-unsaturated/α-hetero) is 2. The van der Waals surface area contributed by atoms with Gasteiger partial charge < -0.3 is 14.6 Å². The normalized spacial score (nSPS) is 13.1. The Bertz CT molecular complexity index is 1010. The lowest BCUT2D eigenvalue weighted by atomic mass is 10.0. The summed E-state index contributed by atoms with van der Waals surface area (Å²) < 4.78 is 3.59. The Labute approximate surface area is 281 Å². The van der Waals surface area contributed by atoms with Crippen molar-refractivity contribution in [2.24, 2.45) is 0 Å². The monoisotopic (exact) mass is 716 g/mol. The molecule has 242 valence electrons. The fraction of sp³-hybridized carbons (Fsp3) is 0.786. The molecule has 0 bridgehead atoms. The minimum atomic E-state index is -1.91. The van der Waals surface area contributed by atoms with Gasteiger partial charge in [0.25, 0.3) is 0 Å². The summed E-state index contributed by atoms with van der Waals surface area (Å²) in [6.07, 6.45) is 3.97. The van der Waals surface area contributed by atoms with E-state index in [4.69, 9.17) is 28.9 Å². The van der Waals surface area contributed by atoms with E-state index >= 15 is 0 Å². The molecule has 0 saturated heterocycles. The molecule has 42 heavy (non-hydrogen) atoms. The van der Waals surface area contributed by atoms with Crippen LogP contribution in [0, 0.1) is 0 Å². The second-order valence-corrected chi connectivity index (χ2v) is 25.9. The van der Waals surface area contributed by atoms with E-state index in [2.05, 4.69) is 13.1 Å². The van der Waals surface area contributed by atoms with Crippen LogP contribution in [0.1, 0.15) is 93.9 Å². The fourth-order valence-electron chi connectivity index (χ4n) is 3.32. The minimum absolute atomic E-state index is 0.0794. The molecule has 7 nitrogen and oxygen atoms in total. The predicted octanol–water partition coefficient (Wildman–Crippen LogP) is 8.47. The van der Waals surface area contributed by atoms with Gasteiger partial charge in [-0.2, -0.15) is 0 Å². The number of thioether (sulfide) groups is 4. The maximum absolute atomic E-state index is 12.9. The minimum Gasteiger partial charge on any atom is -0.480 e. The standard InChI is InChI=1S/C28H48O7S6Si/c1-25(2,38-23(36)40-27(5,6)21(31)32)19(29)15-11-13-17-35-42(9,10)18-14-12-16-20(30)26(3,4)39-24(37)41-28(7,8)22(33)34/h11-18H2,1-10H3,(H,31,32)(H,33,34). The Morgan fingerprint density at radius 3 is 1.31 bits per heavy atom. The van der Waals surface area contributed by atoms with E-state index in [1.807, 2.05) is 27.7 Å². The summed E-state index contributed by atoms with van der Waals surface area (Å²) in [5.74, 6) is -1.71. The summed E-state index contributed by atoms with van der Waals surface area (Å²) in [5.41, 5.74) is 0. The van der Waals surface area contributed by atoms with Crippen molar-refractivity contribution in [3.8, 4) is 0 Å². The Kier molecular flexibility index (Phi) is 17.7. The molecule has 0 rings (SSSR count). The number of unbranched alkanes of at least 4 members (excludes halogenated alkanes) is 2. The van der Waals surface area contributed by atoms with E-state index in [-0.39, 0.29) is 11.6 Å². The molecule has 0 radical (unpaired) electrons. The summed E-state index contributed by atoms with van der Waals surface area (Å²) >= 11 is 15.4. The number of carbonyl (C=O) groups excluding carboxylic acids is 2. The molecule has 14 heteroatoms. The maximum atomic E-state index is 12.9.